The van der Waals surface area contributed by atoms with Gasteiger partial charge in [-0.05, 0) is 89.7 Å². The predicted octanol–water partition coefficient (Wildman–Crippen LogP) is 7.65. The lowest BCUT2D eigenvalue weighted by atomic mass is 9.82. The fourth-order valence-electron chi connectivity index (χ4n) is 5.88. The van der Waals surface area contributed by atoms with Crippen LogP contribution in [0.15, 0.2) is 66.9 Å². The van der Waals surface area contributed by atoms with E-state index in [1.54, 1.807) is 0 Å². The van der Waals surface area contributed by atoms with Crippen molar-refractivity contribution in [1.29, 1.82) is 0 Å². The average molecular weight is 450 g/mol. The zero-order chi connectivity index (χ0) is 23.1. The first-order chi connectivity index (χ1) is 16.8. The van der Waals surface area contributed by atoms with Crippen molar-refractivity contribution in [2.45, 2.75) is 45.7 Å². The van der Waals surface area contributed by atoms with Gasteiger partial charge in [-0.25, -0.2) is 0 Å². The van der Waals surface area contributed by atoms with Crippen LogP contribution in [0.2, 0.25) is 0 Å². The van der Waals surface area contributed by atoms with Gasteiger partial charge in [0.1, 0.15) is 11.5 Å². The van der Waals surface area contributed by atoms with Crippen molar-refractivity contribution in [1.82, 2.24) is 4.90 Å². The van der Waals surface area contributed by atoms with Crippen LogP contribution in [0.1, 0.15) is 55.0 Å². The number of aryl methyl sites for hydroxylation is 1. The van der Waals surface area contributed by atoms with E-state index in [1.807, 2.05) is 6.92 Å². The number of rotatable bonds is 5. The minimum absolute atomic E-state index is 0.402. The first-order valence-corrected chi connectivity index (χ1v) is 12.6. The third kappa shape index (κ3) is 3.42. The Labute approximate surface area is 201 Å². The van der Waals surface area contributed by atoms with Crippen LogP contribution in [0.25, 0.3) is 27.6 Å². The molecule has 1 unspecified atom stereocenters. The minimum atomic E-state index is 0.402. The van der Waals surface area contributed by atoms with Crippen molar-refractivity contribution in [3.63, 3.8) is 0 Å². The molecule has 0 bridgehead atoms. The smallest absolute Gasteiger partial charge is 0.131 e. The zero-order valence-corrected chi connectivity index (χ0v) is 20.0. The molecule has 0 N–H and O–H groups in total. The summed E-state index contributed by atoms with van der Waals surface area (Å²) in [5.41, 5.74) is 5.69. The average Bonchev–Trinajstić information content (AvgIpc) is 2.88. The van der Waals surface area contributed by atoms with Crippen LogP contribution in [0, 0.1) is 0 Å². The summed E-state index contributed by atoms with van der Waals surface area (Å²) in [6.07, 6.45) is 8.06. The van der Waals surface area contributed by atoms with Crippen LogP contribution in [0.3, 0.4) is 0 Å². The third-order valence-electron chi connectivity index (χ3n) is 7.35. The molecular formula is C31H31NO2. The van der Waals surface area contributed by atoms with Crippen molar-refractivity contribution >= 4 is 27.6 Å². The van der Waals surface area contributed by atoms with Gasteiger partial charge < -0.3 is 14.4 Å². The summed E-state index contributed by atoms with van der Waals surface area (Å²) in [6, 6.07) is 22.5. The van der Waals surface area contributed by atoms with E-state index < -0.39 is 0 Å². The Kier molecular flexibility index (Phi) is 5.41. The number of hydrogen-bond acceptors (Lipinski definition) is 3. The van der Waals surface area contributed by atoms with E-state index in [9.17, 15) is 0 Å². The molecule has 0 fully saturated rings. The van der Waals surface area contributed by atoms with Gasteiger partial charge >= 0.3 is 0 Å². The lowest BCUT2D eigenvalue weighted by molar-refractivity contribution is 0.244. The first kappa shape index (κ1) is 21.1. The van der Waals surface area contributed by atoms with Crippen molar-refractivity contribution in [2.75, 3.05) is 13.2 Å². The van der Waals surface area contributed by atoms with E-state index in [0.29, 0.717) is 19.3 Å². The van der Waals surface area contributed by atoms with Crippen LogP contribution in [-0.4, -0.2) is 18.1 Å². The second kappa shape index (κ2) is 8.72. The Morgan fingerprint density at radius 3 is 2.59 bits per heavy atom. The molecule has 1 aliphatic heterocycles. The standard InChI is InChI=1S/C31H31NO2/c1-3-33-29-14-8-12-26-24-15-16-25-23(27(24)19-30(31(26)29)34-4-2)11-7-13-28(25)32-18-17-21-9-5-6-10-22(21)20-32/h5-6,8-10,12,14-19,28H,3-4,7,11,13,20H2,1-2H3. The summed E-state index contributed by atoms with van der Waals surface area (Å²) >= 11 is 0. The maximum absolute atomic E-state index is 6.19. The Morgan fingerprint density at radius 2 is 1.71 bits per heavy atom. The number of nitrogens with zero attached hydrogens (tertiary/aromatic N) is 1. The molecule has 0 radical (unpaired) electrons. The largest absolute Gasteiger partial charge is 0.493 e. The molecule has 4 aromatic carbocycles. The Bertz CT molecular complexity index is 1400. The Balaban J connectivity index is 1.50. The quantitative estimate of drug-likeness (QED) is 0.292. The maximum atomic E-state index is 6.19. The number of fused-ring (bicyclic) bond motifs is 6. The van der Waals surface area contributed by atoms with Crippen LogP contribution in [-0.2, 0) is 13.0 Å². The van der Waals surface area contributed by atoms with E-state index in [2.05, 4.69) is 84.8 Å². The molecule has 0 aromatic heterocycles. The van der Waals surface area contributed by atoms with E-state index in [1.165, 1.54) is 51.3 Å². The third-order valence-corrected chi connectivity index (χ3v) is 7.35. The highest BCUT2D eigenvalue weighted by atomic mass is 16.5. The molecule has 3 heteroatoms. The van der Waals surface area contributed by atoms with Crippen LogP contribution >= 0.6 is 0 Å². The molecule has 34 heavy (non-hydrogen) atoms. The normalized spacial score (nSPS) is 17.0. The number of hydrogen-bond donors (Lipinski definition) is 0. The summed E-state index contributed by atoms with van der Waals surface area (Å²) in [4.78, 5) is 2.53. The Morgan fingerprint density at radius 1 is 0.853 bits per heavy atom. The molecule has 0 amide bonds. The predicted molar refractivity (Wildman–Crippen MR) is 140 cm³/mol. The molecule has 0 saturated heterocycles. The van der Waals surface area contributed by atoms with Crippen molar-refractivity contribution in [3.05, 3.63) is 89.1 Å². The highest BCUT2D eigenvalue weighted by Crippen LogP contribution is 2.45. The van der Waals surface area contributed by atoms with Crippen LogP contribution < -0.4 is 9.47 Å². The highest BCUT2D eigenvalue weighted by molar-refractivity contribution is 6.13. The van der Waals surface area contributed by atoms with Crippen molar-refractivity contribution in [3.8, 4) is 11.5 Å². The summed E-state index contributed by atoms with van der Waals surface area (Å²) in [6.45, 7) is 6.33. The Hall–Kier alpha value is -3.46. The van der Waals surface area contributed by atoms with E-state index in [-0.39, 0.29) is 0 Å². The maximum Gasteiger partial charge on any atom is 0.131 e. The highest BCUT2D eigenvalue weighted by Gasteiger charge is 2.28. The summed E-state index contributed by atoms with van der Waals surface area (Å²) in [5.74, 6) is 1.83. The van der Waals surface area contributed by atoms with Crippen LogP contribution in [0.4, 0.5) is 0 Å². The monoisotopic (exact) mass is 449 g/mol. The number of benzene rings is 4. The van der Waals surface area contributed by atoms with Gasteiger partial charge in [0.15, 0.2) is 0 Å². The lowest BCUT2D eigenvalue weighted by Gasteiger charge is -2.37. The van der Waals surface area contributed by atoms with Gasteiger partial charge in [-0.15, -0.1) is 0 Å². The minimum Gasteiger partial charge on any atom is -0.493 e. The van der Waals surface area contributed by atoms with Gasteiger partial charge in [0.2, 0.25) is 0 Å². The van der Waals surface area contributed by atoms with Crippen molar-refractivity contribution < 1.29 is 9.47 Å². The first-order valence-electron chi connectivity index (χ1n) is 12.6. The van der Waals surface area contributed by atoms with Gasteiger partial charge in [-0.2, -0.15) is 0 Å². The van der Waals surface area contributed by atoms with Gasteiger partial charge in [-0.3, -0.25) is 0 Å². The van der Waals surface area contributed by atoms with E-state index >= 15 is 0 Å². The topological polar surface area (TPSA) is 21.7 Å². The second-order valence-corrected chi connectivity index (χ2v) is 9.24. The number of ether oxygens (including phenoxy) is 2. The molecule has 4 aromatic rings. The molecule has 0 saturated carbocycles. The zero-order valence-electron chi connectivity index (χ0n) is 20.0. The molecule has 6 rings (SSSR count). The molecule has 1 aliphatic carbocycles. The molecule has 0 spiro atoms. The molecule has 1 atom stereocenters. The van der Waals surface area contributed by atoms with Gasteiger partial charge in [0.05, 0.1) is 24.6 Å². The van der Waals surface area contributed by atoms with Crippen molar-refractivity contribution in [2.24, 2.45) is 0 Å². The second-order valence-electron chi connectivity index (χ2n) is 9.24. The molecular weight excluding hydrogens is 418 g/mol. The fraction of sp³-hybridized carbons (Fsp3) is 0.290. The van der Waals surface area contributed by atoms with Crippen LogP contribution in [0.5, 0.6) is 11.5 Å². The molecule has 3 nitrogen and oxygen atoms in total. The molecule has 172 valence electrons. The van der Waals surface area contributed by atoms with E-state index in [4.69, 9.17) is 9.47 Å². The lowest BCUT2D eigenvalue weighted by Crippen LogP contribution is -2.28. The summed E-state index contributed by atoms with van der Waals surface area (Å²) < 4.78 is 12.2. The summed E-state index contributed by atoms with van der Waals surface area (Å²) in [5, 5.41) is 4.91. The SMILES string of the molecule is CCOc1cccc2c1c(OCC)cc1c3c(ccc12)C(N1C=Cc2ccccc2C1)CCC3. The van der Waals surface area contributed by atoms with Gasteiger partial charge in [0, 0.05) is 12.7 Å². The molecule has 2 aliphatic rings. The summed E-state index contributed by atoms with van der Waals surface area (Å²) in [7, 11) is 0. The molecule has 1 heterocycles. The van der Waals surface area contributed by atoms with Gasteiger partial charge in [-0.1, -0.05) is 48.5 Å². The fourth-order valence-corrected chi connectivity index (χ4v) is 5.88. The van der Waals surface area contributed by atoms with E-state index in [0.717, 1.165) is 29.9 Å². The van der Waals surface area contributed by atoms with Gasteiger partial charge in [0.25, 0.3) is 0 Å².